The van der Waals surface area contributed by atoms with Crippen molar-refractivity contribution in [2.45, 2.75) is 44.6 Å². The third-order valence-corrected chi connectivity index (χ3v) is 4.25. The minimum absolute atomic E-state index is 0.0268. The van der Waals surface area contributed by atoms with Crippen LogP contribution in [0.15, 0.2) is 24.3 Å². The van der Waals surface area contributed by atoms with Crippen LogP contribution in [0.3, 0.4) is 0 Å². The van der Waals surface area contributed by atoms with Crippen molar-refractivity contribution >= 4 is 11.9 Å². The molecule has 2 atom stereocenters. The summed E-state index contributed by atoms with van der Waals surface area (Å²) in [6.07, 6.45) is 2.61. The lowest BCUT2D eigenvalue weighted by Crippen LogP contribution is -2.48. The molecule has 5 heteroatoms. The first-order valence-corrected chi connectivity index (χ1v) is 7.69. The number of benzene rings is 1. The first-order chi connectivity index (χ1) is 10.5. The van der Waals surface area contributed by atoms with Crippen molar-refractivity contribution < 1.29 is 19.4 Å². The number of aliphatic carboxylic acids is 1. The Labute approximate surface area is 130 Å². The Morgan fingerprint density at radius 3 is 2.86 bits per heavy atom. The van der Waals surface area contributed by atoms with Crippen LogP contribution in [0.1, 0.15) is 44.1 Å². The van der Waals surface area contributed by atoms with E-state index in [4.69, 9.17) is 4.74 Å². The van der Waals surface area contributed by atoms with Crippen LogP contribution >= 0.6 is 0 Å². The number of nitrogens with zero attached hydrogens (tertiary/aromatic N) is 1. The van der Waals surface area contributed by atoms with Crippen molar-refractivity contribution in [1.29, 1.82) is 0 Å². The van der Waals surface area contributed by atoms with Gasteiger partial charge in [0, 0.05) is 13.0 Å². The first-order valence-electron chi connectivity index (χ1n) is 7.69. The van der Waals surface area contributed by atoms with Crippen molar-refractivity contribution in [3.63, 3.8) is 0 Å². The highest BCUT2D eigenvalue weighted by Crippen LogP contribution is 2.26. The van der Waals surface area contributed by atoms with E-state index in [9.17, 15) is 14.7 Å². The molecule has 120 valence electrons. The molecule has 0 radical (unpaired) electrons. The molecule has 1 unspecified atom stereocenters. The number of carbonyl (C=O) groups excluding carboxylic acids is 1. The predicted octanol–water partition coefficient (Wildman–Crippen LogP) is 2.65. The van der Waals surface area contributed by atoms with Gasteiger partial charge in [0.25, 0.3) is 0 Å². The number of ether oxygens (including phenoxy) is 1. The maximum atomic E-state index is 12.5. The Balaban J connectivity index is 2.04. The van der Waals surface area contributed by atoms with Gasteiger partial charge in [-0.25, -0.2) is 4.79 Å². The van der Waals surface area contributed by atoms with Gasteiger partial charge in [-0.15, -0.1) is 0 Å². The molecule has 1 aromatic carbocycles. The van der Waals surface area contributed by atoms with Gasteiger partial charge in [-0.2, -0.15) is 0 Å². The summed E-state index contributed by atoms with van der Waals surface area (Å²) in [4.78, 5) is 25.3. The van der Waals surface area contributed by atoms with Gasteiger partial charge in [0.05, 0.1) is 7.11 Å². The molecule has 1 N–H and O–H groups in total. The molecule has 22 heavy (non-hydrogen) atoms. The highest BCUT2D eigenvalue weighted by Gasteiger charge is 2.32. The van der Waals surface area contributed by atoms with Gasteiger partial charge in [0.15, 0.2) is 0 Å². The molecule has 0 aliphatic carbocycles. The van der Waals surface area contributed by atoms with E-state index in [1.807, 2.05) is 31.2 Å². The van der Waals surface area contributed by atoms with E-state index in [1.165, 1.54) is 4.90 Å². The molecule has 1 aliphatic heterocycles. The molecule has 1 amide bonds. The topological polar surface area (TPSA) is 66.8 Å². The van der Waals surface area contributed by atoms with Gasteiger partial charge in [-0.3, -0.25) is 4.79 Å². The fraction of sp³-hybridized carbons (Fsp3) is 0.529. The number of carbonyl (C=O) groups is 2. The summed E-state index contributed by atoms with van der Waals surface area (Å²) in [5, 5.41) is 9.27. The third-order valence-electron chi connectivity index (χ3n) is 4.25. The minimum Gasteiger partial charge on any atom is -0.497 e. The van der Waals surface area contributed by atoms with E-state index in [-0.39, 0.29) is 11.8 Å². The number of hydrogen-bond donors (Lipinski definition) is 1. The van der Waals surface area contributed by atoms with Crippen molar-refractivity contribution in [2.75, 3.05) is 13.7 Å². The summed E-state index contributed by atoms with van der Waals surface area (Å²) in [5.74, 6) is -0.193. The van der Waals surface area contributed by atoms with Crippen LogP contribution in [-0.4, -0.2) is 41.6 Å². The molecule has 0 saturated carbocycles. The molecule has 1 aromatic rings. The third kappa shape index (κ3) is 3.78. The Hall–Kier alpha value is -2.04. The Bertz CT molecular complexity index is 543. The molecule has 1 fully saturated rings. The van der Waals surface area contributed by atoms with Crippen LogP contribution in [0.5, 0.6) is 5.75 Å². The molecule has 1 heterocycles. The fourth-order valence-electron chi connectivity index (χ4n) is 2.93. The summed E-state index contributed by atoms with van der Waals surface area (Å²) in [5.41, 5.74) is 1.02. The molecular weight excluding hydrogens is 282 g/mol. The second kappa shape index (κ2) is 7.29. The average molecular weight is 305 g/mol. The van der Waals surface area contributed by atoms with Gasteiger partial charge >= 0.3 is 5.97 Å². The van der Waals surface area contributed by atoms with Crippen LogP contribution in [0.25, 0.3) is 0 Å². The van der Waals surface area contributed by atoms with Crippen LogP contribution in [0, 0.1) is 0 Å². The number of carboxylic acid groups (broad SMARTS) is 1. The standard InChI is InChI=1S/C17H23NO4/c1-12(13-6-5-7-14(11-13)22-2)10-16(19)18-9-4-3-8-15(18)17(20)21/h5-7,11-12,15H,3-4,8-10H2,1-2H3,(H,20,21)/t12?,15-/m1/s1. The Morgan fingerprint density at radius 1 is 1.41 bits per heavy atom. The van der Waals surface area contributed by atoms with Crippen LogP contribution in [0.2, 0.25) is 0 Å². The fourth-order valence-corrected chi connectivity index (χ4v) is 2.93. The lowest BCUT2D eigenvalue weighted by Gasteiger charge is -2.33. The number of piperidine rings is 1. The normalized spacial score (nSPS) is 19.5. The number of methoxy groups -OCH3 is 1. The lowest BCUT2D eigenvalue weighted by molar-refractivity contribution is -0.152. The van der Waals surface area contributed by atoms with Crippen LogP contribution in [-0.2, 0) is 9.59 Å². The highest BCUT2D eigenvalue weighted by molar-refractivity contribution is 5.84. The largest absolute Gasteiger partial charge is 0.497 e. The van der Waals surface area contributed by atoms with Gasteiger partial charge in [0.1, 0.15) is 11.8 Å². The zero-order valence-electron chi connectivity index (χ0n) is 13.1. The predicted molar refractivity (Wildman–Crippen MR) is 83.0 cm³/mol. The van der Waals surface area contributed by atoms with Gasteiger partial charge < -0.3 is 14.7 Å². The summed E-state index contributed by atoms with van der Waals surface area (Å²) < 4.78 is 5.20. The second-order valence-corrected chi connectivity index (χ2v) is 5.82. The maximum absolute atomic E-state index is 12.5. The van der Waals surface area contributed by atoms with Crippen molar-refractivity contribution in [3.05, 3.63) is 29.8 Å². The van der Waals surface area contributed by atoms with Crippen molar-refractivity contribution in [3.8, 4) is 5.75 Å². The van der Waals surface area contributed by atoms with Crippen molar-refractivity contribution in [1.82, 2.24) is 4.90 Å². The van der Waals surface area contributed by atoms with E-state index in [2.05, 4.69) is 0 Å². The van der Waals surface area contributed by atoms with E-state index < -0.39 is 12.0 Å². The zero-order valence-corrected chi connectivity index (χ0v) is 13.1. The Kier molecular flexibility index (Phi) is 5.41. The first kappa shape index (κ1) is 16.3. The van der Waals surface area contributed by atoms with E-state index in [0.717, 1.165) is 24.2 Å². The summed E-state index contributed by atoms with van der Waals surface area (Å²) in [7, 11) is 1.61. The molecule has 1 aliphatic rings. The summed E-state index contributed by atoms with van der Waals surface area (Å²) >= 11 is 0. The van der Waals surface area contributed by atoms with Crippen LogP contribution < -0.4 is 4.74 Å². The zero-order chi connectivity index (χ0) is 16.1. The molecule has 1 saturated heterocycles. The van der Waals surface area contributed by atoms with Crippen molar-refractivity contribution in [2.24, 2.45) is 0 Å². The SMILES string of the molecule is COc1cccc(C(C)CC(=O)N2CCCC[C@@H]2C(=O)O)c1. The van der Waals surface area contributed by atoms with Gasteiger partial charge in [0.2, 0.25) is 5.91 Å². The lowest BCUT2D eigenvalue weighted by atomic mass is 9.95. The molecule has 2 rings (SSSR count). The molecular formula is C17H23NO4. The molecule has 0 aromatic heterocycles. The molecule has 5 nitrogen and oxygen atoms in total. The van der Waals surface area contributed by atoms with E-state index in [0.29, 0.717) is 19.4 Å². The van der Waals surface area contributed by atoms with E-state index in [1.54, 1.807) is 7.11 Å². The second-order valence-electron chi connectivity index (χ2n) is 5.82. The average Bonchev–Trinajstić information content (AvgIpc) is 2.54. The number of rotatable bonds is 5. The van der Waals surface area contributed by atoms with Crippen LogP contribution in [0.4, 0.5) is 0 Å². The molecule has 0 bridgehead atoms. The summed E-state index contributed by atoms with van der Waals surface area (Å²) in [6.45, 7) is 2.52. The minimum atomic E-state index is -0.901. The number of hydrogen-bond acceptors (Lipinski definition) is 3. The Morgan fingerprint density at radius 2 is 2.18 bits per heavy atom. The van der Waals surface area contributed by atoms with Gasteiger partial charge in [-0.05, 0) is 42.9 Å². The molecule has 0 spiro atoms. The number of amides is 1. The maximum Gasteiger partial charge on any atom is 0.326 e. The quantitative estimate of drug-likeness (QED) is 0.908. The number of likely N-dealkylation sites (tertiary alicyclic amines) is 1. The smallest absolute Gasteiger partial charge is 0.326 e. The monoisotopic (exact) mass is 305 g/mol. The summed E-state index contributed by atoms with van der Waals surface area (Å²) in [6, 6.07) is 6.98. The number of carboxylic acids is 1. The van der Waals surface area contributed by atoms with Gasteiger partial charge in [-0.1, -0.05) is 19.1 Å². The van der Waals surface area contributed by atoms with E-state index >= 15 is 0 Å². The highest BCUT2D eigenvalue weighted by atomic mass is 16.5.